The molecule has 1 aromatic heterocycles. The van der Waals surface area contributed by atoms with Crippen molar-refractivity contribution in [3.05, 3.63) is 82.8 Å². The number of aromatic nitrogens is 2. The Morgan fingerprint density at radius 2 is 2.00 bits per heavy atom. The van der Waals surface area contributed by atoms with Gasteiger partial charge in [0.1, 0.15) is 12.4 Å². The minimum absolute atomic E-state index is 0.127. The minimum atomic E-state index is -0.596. The van der Waals surface area contributed by atoms with Crippen LogP contribution < -0.4 is 4.74 Å². The van der Waals surface area contributed by atoms with Gasteiger partial charge in [-0.1, -0.05) is 30.3 Å². The van der Waals surface area contributed by atoms with Gasteiger partial charge in [0.25, 0.3) is 5.91 Å². The van der Waals surface area contributed by atoms with Crippen LogP contribution in [0.15, 0.2) is 54.6 Å². The largest absolute Gasteiger partial charge is 0.472 e. The van der Waals surface area contributed by atoms with Crippen molar-refractivity contribution in [3.63, 3.8) is 0 Å². The van der Waals surface area contributed by atoms with Crippen LogP contribution in [-0.4, -0.2) is 27.1 Å². The first-order valence-corrected chi connectivity index (χ1v) is 8.86. The van der Waals surface area contributed by atoms with Crippen molar-refractivity contribution in [1.29, 1.82) is 5.26 Å². The second kappa shape index (κ2) is 7.53. The molecule has 1 amide bonds. The monoisotopic (exact) mass is 376 g/mol. The molecule has 0 saturated carbocycles. The smallest absolute Gasteiger partial charge is 0.254 e. The van der Waals surface area contributed by atoms with Gasteiger partial charge >= 0.3 is 0 Å². The molecule has 0 bridgehead atoms. The summed E-state index contributed by atoms with van der Waals surface area (Å²) in [6.45, 7) is 1.74. The molecule has 3 aromatic rings. The van der Waals surface area contributed by atoms with Gasteiger partial charge in [-0.15, -0.1) is 5.10 Å². The Kier molecular flexibility index (Phi) is 4.77. The minimum Gasteiger partial charge on any atom is -0.472 e. The number of rotatable bonds is 4. The van der Waals surface area contributed by atoms with E-state index >= 15 is 0 Å². The topological polar surface area (TPSA) is 71.2 Å². The number of carbonyl (C=O) groups excluding carboxylic acids is 1. The fourth-order valence-electron chi connectivity index (χ4n) is 3.18. The van der Waals surface area contributed by atoms with Crippen LogP contribution in [0.4, 0.5) is 4.39 Å². The number of fused-ring (bicyclic) bond motifs is 1. The molecule has 2 aromatic carbocycles. The van der Waals surface area contributed by atoms with Gasteiger partial charge in [0.05, 0.1) is 30.4 Å². The molecule has 0 saturated heterocycles. The van der Waals surface area contributed by atoms with Crippen molar-refractivity contribution >= 4 is 5.91 Å². The van der Waals surface area contributed by atoms with Crippen molar-refractivity contribution < 1.29 is 13.9 Å². The number of benzene rings is 2. The average Bonchev–Trinajstić information content (AvgIpc) is 3.14. The highest BCUT2D eigenvalue weighted by Crippen LogP contribution is 2.21. The van der Waals surface area contributed by atoms with Crippen LogP contribution in [0.2, 0.25) is 0 Å². The molecule has 0 atom stereocenters. The van der Waals surface area contributed by atoms with E-state index in [0.717, 1.165) is 23.4 Å². The van der Waals surface area contributed by atoms with E-state index in [1.54, 1.807) is 4.90 Å². The number of nitriles is 1. The molecule has 0 radical (unpaired) electrons. The van der Waals surface area contributed by atoms with E-state index in [0.29, 0.717) is 32.1 Å². The summed E-state index contributed by atoms with van der Waals surface area (Å²) in [5, 5.41) is 13.4. The Bertz CT molecular complexity index is 1060. The van der Waals surface area contributed by atoms with E-state index in [1.807, 2.05) is 47.1 Å². The maximum absolute atomic E-state index is 13.7. The van der Waals surface area contributed by atoms with Crippen LogP contribution in [0, 0.1) is 17.1 Å². The quantitative estimate of drug-likeness (QED) is 0.701. The van der Waals surface area contributed by atoms with Crippen LogP contribution in [0.5, 0.6) is 5.88 Å². The standard InChI is InChI=1S/C21H17FN4O2/c22-18-9-16(12-23)8-17(10-18)21(27)25-6-7-26-19(13-25)11-20(24-26)28-14-15-4-2-1-3-5-15/h1-5,8-11H,6-7,13-14H2. The Morgan fingerprint density at radius 1 is 1.18 bits per heavy atom. The fourth-order valence-corrected chi connectivity index (χ4v) is 3.18. The average molecular weight is 376 g/mol. The lowest BCUT2D eigenvalue weighted by Crippen LogP contribution is -2.38. The maximum Gasteiger partial charge on any atom is 0.254 e. The summed E-state index contributed by atoms with van der Waals surface area (Å²) in [5.41, 5.74) is 2.19. The molecule has 2 heterocycles. The first-order chi connectivity index (χ1) is 13.6. The van der Waals surface area contributed by atoms with Crippen LogP contribution in [0.1, 0.15) is 27.2 Å². The Morgan fingerprint density at radius 3 is 2.79 bits per heavy atom. The SMILES string of the molecule is N#Cc1cc(F)cc(C(=O)N2CCn3nc(OCc4ccccc4)cc3C2)c1. The summed E-state index contributed by atoms with van der Waals surface area (Å²) in [4.78, 5) is 14.4. The zero-order valence-electron chi connectivity index (χ0n) is 15.0. The number of ether oxygens (including phenoxy) is 1. The van der Waals surface area contributed by atoms with E-state index in [4.69, 9.17) is 10.00 Å². The lowest BCUT2D eigenvalue weighted by Gasteiger charge is -2.27. The van der Waals surface area contributed by atoms with Crippen LogP contribution in [0.25, 0.3) is 0 Å². The van der Waals surface area contributed by atoms with E-state index < -0.39 is 5.82 Å². The normalized spacial score (nSPS) is 12.9. The molecular formula is C21H17FN4O2. The number of hydrogen-bond donors (Lipinski definition) is 0. The van der Waals surface area contributed by atoms with Crippen molar-refractivity contribution in [3.8, 4) is 11.9 Å². The van der Waals surface area contributed by atoms with Gasteiger partial charge in [0.2, 0.25) is 5.88 Å². The van der Waals surface area contributed by atoms with Crippen molar-refractivity contribution in [2.75, 3.05) is 6.54 Å². The van der Waals surface area contributed by atoms with Crippen molar-refractivity contribution in [2.45, 2.75) is 19.7 Å². The van der Waals surface area contributed by atoms with Crippen LogP contribution in [-0.2, 0) is 19.7 Å². The van der Waals surface area contributed by atoms with Crippen molar-refractivity contribution in [1.82, 2.24) is 14.7 Å². The molecule has 0 fully saturated rings. The van der Waals surface area contributed by atoms with Crippen LogP contribution in [0.3, 0.4) is 0 Å². The van der Waals surface area contributed by atoms with E-state index in [-0.39, 0.29) is 17.0 Å². The van der Waals surface area contributed by atoms with Crippen molar-refractivity contribution in [2.24, 2.45) is 0 Å². The molecule has 28 heavy (non-hydrogen) atoms. The molecule has 0 N–H and O–H groups in total. The molecule has 0 aliphatic carbocycles. The summed E-state index contributed by atoms with van der Waals surface area (Å²) in [7, 11) is 0. The number of carbonyl (C=O) groups is 1. The number of halogens is 1. The molecule has 6 nitrogen and oxygen atoms in total. The highest BCUT2D eigenvalue weighted by atomic mass is 19.1. The predicted octanol–water partition coefficient (Wildman–Crippen LogP) is 3.13. The molecule has 1 aliphatic rings. The van der Waals surface area contributed by atoms with Gasteiger partial charge in [0, 0.05) is 18.2 Å². The Hall–Kier alpha value is -3.66. The fraction of sp³-hybridized carbons (Fsp3) is 0.190. The summed E-state index contributed by atoms with van der Waals surface area (Å²) < 4.78 is 21.2. The molecule has 1 aliphatic heterocycles. The lowest BCUT2D eigenvalue weighted by atomic mass is 10.1. The molecule has 7 heteroatoms. The zero-order valence-corrected chi connectivity index (χ0v) is 15.0. The third kappa shape index (κ3) is 3.71. The van der Waals surface area contributed by atoms with Gasteiger partial charge in [-0.25, -0.2) is 4.39 Å². The van der Waals surface area contributed by atoms with Gasteiger partial charge in [-0.05, 0) is 23.8 Å². The molecule has 140 valence electrons. The third-order valence-corrected chi connectivity index (χ3v) is 4.57. The number of nitrogens with zero attached hydrogens (tertiary/aromatic N) is 4. The van der Waals surface area contributed by atoms with Gasteiger partial charge < -0.3 is 9.64 Å². The zero-order chi connectivity index (χ0) is 19.5. The summed E-state index contributed by atoms with van der Waals surface area (Å²) >= 11 is 0. The summed E-state index contributed by atoms with van der Waals surface area (Å²) in [5.74, 6) is -0.401. The number of hydrogen-bond acceptors (Lipinski definition) is 4. The predicted molar refractivity (Wildman–Crippen MR) is 98.9 cm³/mol. The van der Waals surface area contributed by atoms with Crippen LogP contribution >= 0.6 is 0 Å². The Labute approximate surface area is 161 Å². The second-order valence-electron chi connectivity index (χ2n) is 6.54. The second-order valence-corrected chi connectivity index (χ2v) is 6.54. The summed E-state index contributed by atoms with van der Waals surface area (Å²) in [6, 6.07) is 17.2. The highest BCUT2D eigenvalue weighted by Gasteiger charge is 2.24. The van der Waals surface area contributed by atoms with E-state index in [9.17, 15) is 9.18 Å². The van der Waals surface area contributed by atoms with Gasteiger partial charge in [-0.2, -0.15) is 5.26 Å². The Balaban J connectivity index is 1.46. The molecule has 0 unspecified atom stereocenters. The van der Waals surface area contributed by atoms with E-state index in [1.165, 1.54) is 6.07 Å². The van der Waals surface area contributed by atoms with Gasteiger partial charge in [-0.3, -0.25) is 9.48 Å². The molecular weight excluding hydrogens is 359 g/mol. The molecule has 4 rings (SSSR count). The van der Waals surface area contributed by atoms with Gasteiger partial charge in [0.15, 0.2) is 0 Å². The maximum atomic E-state index is 13.7. The highest BCUT2D eigenvalue weighted by molar-refractivity contribution is 5.94. The van der Waals surface area contributed by atoms with E-state index in [2.05, 4.69) is 5.10 Å². The third-order valence-electron chi connectivity index (χ3n) is 4.57. The first kappa shape index (κ1) is 17.7. The lowest BCUT2D eigenvalue weighted by molar-refractivity contribution is 0.0705. The summed E-state index contributed by atoms with van der Waals surface area (Å²) in [6.07, 6.45) is 0. The number of amides is 1. The molecule has 0 spiro atoms. The first-order valence-electron chi connectivity index (χ1n) is 8.86.